The Hall–Kier alpha value is -0.530. The van der Waals surface area contributed by atoms with Crippen molar-refractivity contribution >= 4 is 5.97 Å². The smallest absolute Gasteiger partial charge is 0.305 e. The first kappa shape index (κ1) is 24.5. The predicted molar refractivity (Wildman–Crippen MR) is 110 cm³/mol. The van der Waals surface area contributed by atoms with Crippen LogP contribution in [0.5, 0.6) is 0 Å². The van der Waals surface area contributed by atoms with E-state index in [9.17, 15) is 4.79 Å². The van der Waals surface area contributed by atoms with Crippen molar-refractivity contribution in [2.45, 2.75) is 112 Å². The van der Waals surface area contributed by atoms with Gasteiger partial charge in [0.25, 0.3) is 0 Å². The number of hydrogen-bond acceptors (Lipinski definition) is 2. The Morgan fingerprint density at radius 1 is 0.640 bits per heavy atom. The molecule has 0 aliphatic carbocycles. The molecule has 0 aromatic heterocycles. The third kappa shape index (κ3) is 16.7. The fraction of sp³-hybridized carbons (Fsp3) is 0.957. The van der Waals surface area contributed by atoms with Crippen molar-refractivity contribution in [1.29, 1.82) is 0 Å². The molecule has 0 rings (SSSR count). The Balaban J connectivity index is 3.54. The fourth-order valence-corrected chi connectivity index (χ4v) is 3.63. The molecule has 0 heterocycles. The molecule has 0 radical (unpaired) electrons. The number of rotatable bonds is 16. The molecule has 3 unspecified atom stereocenters. The van der Waals surface area contributed by atoms with Gasteiger partial charge >= 0.3 is 5.97 Å². The third-order valence-corrected chi connectivity index (χ3v) is 5.57. The normalized spacial score (nSPS) is 15.2. The van der Waals surface area contributed by atoms with E-state index in [2.05, 4.69) is 34.6 Å². The number of ether oxygens (including phenoxy) is 1. The molecule has 2 heteroatoms. The molecule has 2 nitrogen and oxygen atoms in total. The Kier molecular flexibility index (Phi) is 15.4. The average molecular weight is 355 g/mol. The van der Waals surface area contributed by atoms with Crippen LogP contribution in [0.4, 0.5) is 0 Å². The zero-order valence-electron chi connectivity index (χ0n) is 18.1. The van der Waals surface area contributed by atoms with Crippen LogP contribution in [-0.2, 0) is 9.53 Å². The lowest BCUT2D eigenvalue weighted by molar-refractivity contribution is -0.140. The van der Waals surface area contributed by atoms with Crippen LogP contribution in [0.1, 0.15) is 112 Å². The largest absolute Gasteiger partial charge is 0.469 e. The van der Waals surface area contributed by atoms with E-state index in [0.717, 1.165) is 36.5 Å². The molecule has 0 fully saturated rings. The summed E-state index contributed by atoms with van der Waals surface area (Å²) in [6.07, 6.45) is 15.1. The summed E-state index contributed by atoms with van der Waals surface area (Å²) in [4.78, 5) is 11.1. The molecule has 150 valence electrons. The molecule has 0 saturated heterocycles. The fourth-order valence-electron chi connectivity index (χ4n) is 3.63. The highest BCUT2D eigenvalue weighted by atomic mass is 16.5. The summed E-state index contributed by atoms with van der Waals surface area (Å²) in [5.74, 6) is 3.29. The molecule has 0 saturated carbocycles. The van der Waals surface area contributed by atoms with Crippen LogP contribution in [0.15, 0.2) is 0 Å². The zero-order valence-corrected chi connectivity index (χ0v) is 18.1. The van der Waals surface area contributed by atoms with Gasteiger partial charge in [-0.3, -0.25) is 4.79 Å². The Labute approximate surface area is 158 Å². The molecule has 0 spiro atoms. The van der Waals surface area contributed by atoms with Crippen LogP contribution in [0.2, 0.25) is 0 Å². The van der Waals surface area contributed by atoms with Gasteiger partial charge in [-0.05, 0) is 30.1 Å². The topological polar surface area (TPSA) is 26.3 Å². The molecular formula is C23H46O2. The van der Waals surface area contributed by atoms with Gasteiger partial charge in [-0.25, -0.2) is 0 Å². The van der Waals surface area contributed by atoms with Crippen molar-refractivity contribution in [1.82, 2.24) is 0 Å². The van der Waals surface area contributed by atoms with Gasteiger partial charge in [0.05, 0.1) is 7.11 Å². The highest BCUT2D eigenvalue weighted by molar-refractivity contribution is 5.68. The minimum Gasteiger partial charge on any atom is -0.469 e. The molecule has 3 atom stereocenters. The second-order valence-corrected chi connectivity index (χ2v) is 8.97. The maximum absolute atomic E-state index is 11.1. The minimum atomic E-state index is -0.0701. The molecular weight excluding hydrogens is 308 g/mol. The van der Waals surface area contributed by atoms with Crippen molar-refractivity contribution < 1.29 is 9.53 Å². The number of hydrogen-bond donors (Lipinski definition) is 0. The van der Waals surface area contributed by atoms with Gasteiger partial charge in [0.2, 0.25) is 0 Å². The number of esters is 1. The molecule has 0 aromatic carbocycles. The van der Waals surface area contributed by atoms with Gasteiger partial charge in [-0.1, -0.05) is 98.8 Å². The van der Waals surface area contributed by atoms with E-state index in [-0.39, 0.29) is 5.97 Å². The highest BCUT2D eigenvalue weighted by Gasteiger charge is 2.09. The van der Waals surface area contributed by atoms with E-state index in [4.69, 9.17) is 4.74 Å². The van der Waals surface area contributed by atoms with Crippen LogP contribution in [-0.4, -0.2) is 13.1 Å². The Morgan fingerprint density at radius 2 is 1.00 bits per heavy atom. The Bertz CT molecular complexity index is 311. The van der Waals surface area contributed by atoms with Crippen LogP contribution in [0.25, 0.3) is 0 Å². The average Bonchev–Trinajstić information content (AvgIpc) is 2.54. The van der Waals surface area contributed by atoms with E-state index in [0.29, 0.717) is 6.42 Å². The highest BCUT2D eigenvalue weighted by Crippen LogP contribution is 2.23. The molecule has 0 amide bonds. The first-order valence-electron chi connectivity index (χ1n) is 10.9. The van der Waals surface area contributed by atoms with Gasteiger partial charge in [0, 0.05) is 6.42 Å². The predicted octanol–water partition coefficient (Wildman–Crippen LogP) is 7.40. The first-order chi connectivity index (χ1) is 11.8. The number of carbonyl (C=O) groups excluding carboxylic acids is 1. The maximum Gasteiger partial charge on any atom is 0.305 e. The lowest BCUT2D eigenvalue weighted by Gasteiger charge is -2.16. The first-order valence-corrected chi connectivity index (χ1v) is 10.9. The van der Waals surface area contributed by atoms with E-state index < -0.39 is 0 Å². The number of carbonyl (C=O) groups is 1. The van der Waals surface area contributed by atoms with Gasteiger partial charge in [-0.15, -0.1) is 0 Å². The Morgan fingerprint density at radius 3 is 1.36 bits per heavy atom. The summed E-state index contributed by atoms with van der Waals surface area (Å²) in [7, 11) is 1.47. The van der Waals surface area contributed by atoms with Crippen molar-refractivity contribution in [2.75, 3.05) is 7.11 Å². The molecule has 25 heavy (non-hydrogen) atoms. The van der Waals surface area contributed by atoms with Crippen molar-refractivity contribution in [3.05, 3.63) is 0 Å². The van der Waals surface area contributed by atoms with Crippen LogP contribution in [0.3, 0.4) is 0 Å². The van der Waals surface area contributed by atoms with Crippen molar-refractivity contribution in [3.63, 3.8) is 0 Å². The molecule has 0 aromatic rings. The van der Waals surface area contributed by atoms with Crippen LogP contribution in [0, 0.1) is 23.7 Å². The summed E-state index contributed by atoms with van der Waals surface area (Å²) in [5.41, 5.74) is 0. The van der Waals surface area contributed by atoms with E-state index in [1.165, 1.54) is 64.9 Å². The van der Waals surface area contributed by atoms with Gasteiger partial charge in [0.1, 0.15) is 0 Å². The van der Waals surface area contributed by atoms with E-state index >= 15 is 0 Å². The lowest BCUT2D eigenvalue weighted by Crippen LogP contribution is -2.03. The standard InChI is InChI=1S/C23H46O2/c1-19(2)11-7-12-20(3)13-8-14-21(4)15-9-16-22(5)17-10-18-23(24)25-6/h19-22H,7-18H2,1-6H3. The van der Waals surface area contributed by atoms with Gasteiger partial charge < -0.3 is 4.74 Å². The van der Waals surface area contributed by atoms with Crippen LogP contribution >= 0.6 is 0 Å². The summed E-state index contributed by atoms with van der Waals surface area (Å²) < 4.78 is 4.69. The third-order valence-electron chi connectivity index (χ3n) is 5.57. The molecule has 0 N–H and O–H groups in total. The molecule has 0 aliphatic heterocycles. The van der Waals surface area contributed by atoms with Gasteiger partial charge in [0.15, 0.2) is 0 Å². The van der Waals surface area contributed by atoms with E-state index in [1.807, 2.05) is 0 Å². The maximum atomic E-state index is 11.1. The summed E-state index contributed by atoms with van der Waals surface area (Å²) in [5, 5.41) is 0. The van der Waals surface area contributed by atoms with Crippen LogP contribution < -0.4 is 0 Å². The minimum absolute atomic E-state index is 0.0701. The monoisotopic (exact) mass is 354 g/mol. The molecule has 0 bridgehead atoms. The van der Waals surface area contributed by atoms with Crippen molar-refractivity contribution in [2.24, 2.45) is 23.7 Å². The summed E-state index contributed by atoms with van der Waals surface area (Å²) in [6, 6.07) is 0. The second-order valence-electron chi connectivity index (χ2n) is 8.97. The second kappa shape index (κ2) is 15.7. The summed E-state index contributed by atoms with van der Waals surface area (Å²) >= 11 is 0. The summed E-state index contributed by atoms with van der Waals surface area (Å²) in [6.45, 7) is 11.8. The lowest BCUT2D eigenvalue weighted by atomic mass is 9.90. The van der Waals surface area contributed by atoms with Gasteiger partial charge in [-0.2, -0.15) is 0 Å². The molecule has 0 aliphatic rings. The van der Waals surface area contributed by atoms with Crippen molar-refractivity contribution in [3.8, 4) is 0 Å². The number of methoxy groups -OCH3 is 1. The van der Waals surface area contributed by atoms with E-state index in [1.54, 1.807) is 0 Å². The zero-order chi connectivity index (χ0) is 19.1. The SMILES string of the molecule is COC(=O)CCCC(C)CCCC(C)CCCC(C)CCCC(C)C. The quantitative estimate of drug-likeness (QED) is 0.270.